The van der Waals surface area contributed by atoms with Crippen molar-refractivity contribution < 1.29 is 9.59 Å². The van der Waals surface area contributed by atoms with Crippen LogP contribution in [0.5, 0.6) is 0 Å². The first kappa shape index (κ1) is 28.5. The van der Waals surface area contributed by atoms with Crippen LogP contribution < -0.4 is 10.6 Å². The minimum absolute atomic E-state index is 0.0186. The maximum atomic E-state index is 12.9. The molecule has 0 saturated heterocycles. The van der Waals surface area contributed by atoms with Crippen molar-refractivity contribution in [2.24, 2.45) is 0 Å². The molecule has 0 bridgehead atoms. The molecule has 0 fully saturated rings. The molecular formula is C29H25Cl2N7O2S. The SMILES string of the molecule is CC(C)(C)c1ccc(-n2nnnc2SCC(=O)Nc2ccc(C(=O)Nc3cccc4cccnc34)cc2Cl)c(Cl)c1. The molecule has 0 unspecified atom stereocenters. The number of rotatable bonds is 7. The molecule has 5 aromatic rings. The number of benzene rings is 3. The predicted molar refractivity (Wildman–Crippen MR) is 163 cm³/mol. The molecule has 0 aliphatic rings. The maximum absolute atomic E-state index is 12.9. The van der Waals surface area contributed by atoms with Gasteiger partial charge in [-0.15, -0.1) is 5.10 Å². The monoisotopic (exact) mass is 605 g/mol. The molecule has 0 spiro atoms. The number of fused-ring (bicyclic) bond motifs is 1. The van der Waals surface area contributed by atoms with E-state index in [1.807, 2.05) is 42.5 Å². The lowest BCUT2D eigenvalue weighted by molar-refractivity contribution is -0.113. The van der Waals surface area contributed by atoms with Crippen LogP contribution in [-0.4, -0.2) is 42.8 Å². The highest BCUT2D eigenvalue weighted by Gasteiger charge is 2.19. The molecule has 208 valence electrons. The van der Waals surface area contributed by atoms with Crippen molar-refractivity contribution in [3.63, 3.8) is 0 Å². The highest BCUT2D eigenvalue weighted by Crippen LogP contribution is 2.31. The molecule has 9 nitrogen and oxygen atoms in total. The molecule has 0 aliphatic carbocycles. The molecule has 0 atom stereocenters. The molecule has 0 aliphatic heterocycles. The van der Waals surface area contributed by atoms with Crippen LogP contribution in [0.15, 0.2) is 78.1 Å². The van der Waals surface area contributed by atoms with Crippen molar-refractivity contribution >= 4 is 69.1 Å². The van der Waals surface area contributed by atoms with Gasteiger partial charge in [0.2, 0.25) is 11.1 Å². The fraction of sp³-hybridized carbons (Fsp3) is 0.172. The minimum Gasteiger partial charge on any atom is -0.324 e. The molecule has 41 heavy (non-hydrogen) atoms. The first-order chi connectivity index (χ1) is 19.6. The molecule has 5 rings (SSSR count). The molecule has 12 heteroatoms. The van der Waals surface area contributed by atoms with Gasteiger partial charge >= 0.3 is 0 Å². The summed E-state index contributed by atoms with van der Waals surface area (Å²) >= 11 is 14.1. The standard InChI is InChI=1S/C29H25Cl2N7O2S/c1-29(2,3)19-10-12-24(21(31)15-19)38-28(35-36-37-38)41-16-25(39)33-22-11-9-18(14-20(22)30)27(40)34-23-8-4-6-17-7-5-13-32-26(17)23/h4-15H,16H2,1-3H3,(H,33,39)(H,34,40). The highest BCUT2D eigenvalue weighted by molar-refractivity contribution is 7.99. The second kappa shape index (κ2) is 11.9. The van der Waals surface area contributed by atoms with E-state index in [0.29, 0.717) is 38.3 Å². The Morgan fingerprint density at radius 3 is 2.49 bits per heavy atom. The summed E-state index contributed by atoms with van der Waals surface area (Å²) in [6.07, 6.45) is 1.67. The number of halogens is 2. The van der Waals surface area contributed by atoms with Crippen molar-refractivity contribution in [3.8, 4) is 5.69 Å². The maximum Gasteiger partial charge on any atom is 0.255 e. The Labute approximate surface area is 250 Å². The predicted octanol–water partition coefficient (Wildman–Crippen LogP) is 6.80. The van der Waals surface area contributed by atoms with Gasteiger partial charge in [0, 0.05) is 17.1 Å². The Morgan fingerprint density at radius 2 is 1.73 bits per heavy atom. The number of thioether (sulfide) groups is 1. The van der Waals surface area contributed by atoms with E-state index in [0.717, 1.165) is 22.7 Å². The smallest absolute Gasteiger partial charge is 0.255 e. The number of para-hydroxylation sites is 1. The van der Waals surface area contributed by atoms with Crippen LogP contribution in [0.2, 0.25) is 10.0 Å². The number of pyridine rings is 1. The molecule has 3 aromatic carbocycles. The number of hydrogen-bond acceptors (Lipinski definition) is 7. The third kappa shape index (κ3) is 6.51. The molecule has 2 heterocycles. The Kier molecular flexibility index (Phi) is 8.25. The summed E-state index contributed by atoms with van der Waals surface area (Å²) in [5.41, 5.74) is 3.63. The van der Waals surface area contributed by atoms with Crippen molar-refractivity contribution in [3.05, 3.63) is 94.1 Å². The molecule has 0 radical (unpaired) electrons. The van der Waals surface area contributed by atoms with E-state index in [2.05, 4.69) is 51.9 Å². The Bertz CT molecular complexity index is 1760. The van der Waals surface area contributed by atoms with Crippen LogP contribution in [0.25, 0.3) is 16.6 Å². The van der Waals surface area contributed by atoms with E-state index >= 15 is 0 Å². The van der Waals surface area contributed by atoms with Gasteiger partial charge in [0.05, 0.1) is 38.4 Å². The highest BCUT2D eigenvalue weighted by atomic mass is 35.5. The number of anilines is 2. The number of aromatic nitrogens is 5. The lowest BCUT2D eigenvalue weighted by Crippen LogP contribution is -2.16. The summed E-state index contributed by atoms with van der Waals surface area (Å²) in [6.45, 7) is 6.32. The van der Waals surface area contributed by atoms with E-state index in [-0.39, 0.29) is 28.0 Å². The number of carbonyl (C=O) groups is 2. The Morgan fingerprint density at radius 1 is 0.927 bits per heavy atom. The summed E-state index contributed by atoms with van der Waals surface area (Å²) in [5.74, 6) is -0.649. The van der Waals surface area contributed by atoms with Crippen LogP contribution in [0, 0.1) is 0 Å². The van der Waals surface area contributed by atoms with Crippen LogP contribution >= 0.6 is 35.0 Å². The summed E-state index contributed by atoms with van der Waals surface area (Å²) in [5, 5.41) is 19.5. The average molecular weight is 607 g/mol. The summed E-state index contributed by atoms with van der Waals surface area (Å²) in [4.78, 5) is 30.0. The van der Waals surface area contributed by atoms with Gasteiger partial charge in [-0.05, 0) is 63.9 Å². The van der Waals surface area contributed by atoms with Gasteiger partial charge in [-0.3, -0.25) is 14.6 Å². The van der Waals surface area contributed by atoms with E-state index in [1.54, 1.807) is 24.4 Å². The van der Waals surface area contributed by atoms with Gasteiger partial charge in [0.25, 0.3) is 5.91 Å². The first-order valence-corrected chi connectivity index (χ1v) is 14.3. The zero-order valence-electron chi connectivity index (χ0n) is 22.4. The third-order valence-electron chi connectivity index (χ3n) is 6.20. The number of hydrogen-bond donors (Lipinski definition) is 2. The Hall–Kier alpha value is -3.99. The molecular weight excluding hydrogens is 581 g/mol. The number of nitrogens with one attached hydrogen (secondary N) is 2. The van der Waals surface area contributed by atoms with Gasteiger partial charge < -0.3 is 10.6 Å². The largest absolute Gasteiger partial charge is 0.324 e. The van der Waals surface area contributed by atoms with Gasteiger partial charge in [-0.2, -0.15) is 4.68 Å². The fourth-order valence-electron chi connectivity index (χ4n) is 4.04. The summed E-state index contributed by atoms with van der Waals surface area (Å²) < 4.78 is 1.50. The zero-order chi connectivity index (χ0) is 29.1. The van der Waals surface area contributed by atoms with Gasteiger partial charge in [-0.25, -0.2) is 0 Å². The van der Waals surface area contributed by atoms with Gasteiger partial charge in [0.1, 0.15) is 0 Å². The lowest BCUT2D eigenvalue weighted by Gasteiger charge is -2.20. The topological polar surface area (TPSA) is 115 Å². The average Bonchev–Trinajstić information content (AvgIpc) is 3.41. The normalized spacial score (nSPS) is 11.4. The van der Waals surface area contributed by atoms with Gasteiger partial charge in [-0.1, -0.05) is 80.0 Å². The van der Waals surface area contributed by atoms with Crippen LogP contribution in [-0.2, 0) is 10.2 Å². The minimum atomic E-state index is -0.348. The van der Waals surface area contributed by atoms with Crippen molar-refractivity contribution in [2.45, 2.75) is 31.3 Å². The number of carbonyl (C=O) groups excluding carboxylic acids is 2. The first-order valence-electron chi connectivity index (χ1n) is 12.6. The summed E-state index contributed by atoms with van der Waals surface area (Å²) in [7, 11) is 0. The molecule has 0 saturated carbocycles. The van der Waals surface area contributed by atoms with E-state index < -0.39 is 0 Å². The third-order valence-corrected chi connectivity index (χ3v) is 7.74. The second-order valence-corrected chi connectivity index (χ2v) is 11.9. The second-order valence-electron chi connectivity index (χ2n) is 10.2. The molecule has 2 amide bonds. The lowest BCUT2D eigenvalue weighted by atomic mass is 9.87. The number of amides is 2. The number of nitrogens with zero attached hydrogens (tertiary/aromatic N) is 5. The van der Waals surface area contributed by atoms with E-state index in [1.165, 1.54) is 10.7 Å². The van der Waals surface area contributed by atoms with E-state index in [9.17, 15) is 9.59 Å². The summed E-state index contributed by atoms with van der Waals surface area (Å²) in [6, 6.07) is 19.7. The van der Waals surface area contributed by atoms with E-state index in [4.69, 9.17) is 23.2 Å². The van der Waals surface area contributed by atoms with Crippen molar-refractivity contribution in [2.75, 3.05) is 16.4 Å². The zero-order valence-corrected chi connectivity index (χ0v) is 24.7. The Balaban J connectivity index is 1.22. The van der Waals surface area contributed by atoms with Crippen LogP contribution in [0.3, 0.4) is 0 Å². The quantitative estimate of drug-likeness (QED) is 0.196. The number of tetrazole rings is 1. The van der Waals surface area contributed by atoms with Crippen molar-refractivity contribution in [1.29, 1.82) is 0 Å². The van der Waals surface area contributed by atoms with Crippen molar-refractivity contribution in [1.82, 2.24) is 25.2 Å². The molecule has 2 N–H and O–H groups in total. The van der Waals surface area contributed by atoms with Gasteiger partial charge in [0.15, 0.2) is 0 Å². The fourth-order valence-corrected chi connectivity index (χ4v) is 5.21. The molecule has 2 aromatic heterocycles. The van der Waals surface area contributed by atoms with Crippen LogP contribution in [0.4, 0.5) is 11.4 Å². The van der Waals surface area contributed by atoms with Crippen LogP contribution in [0.1, 0.15) is 36.7 Å².